The molecule has 4 nitrogen and oxygen atoms in total. The first-order valence-electron chi connectivity index (χ1n) is 6.51. The number of carbonyl (C=O) groups is 1. The minimum Gasteiger partial charge on any atom is -0.395 e. The molecule has 19 heavy (non-hydrogen) atoms. The number of benzene rings is 1. The number of carbonyl (C=O) groups excluding carboxylic acids is 1. The average Bonchev–Trinajstić information content (AvgIpc) is 2.34. The van der Waals surface area contributed by atoms with Gasteiger partial charge in [-0.2, -0.15) is 0 Å². The van der Waals surface area contributed by atoms with Crippen LogP contribution in [0.15, 0.2) is 18.2 Å². The molecule has 1 aromatic rings. The van der Waals surface area contributed by atoms with Gasteiger partial charge in [0.2, 0.25) is 5.91 Å². The van der Waals surface area contributed by atoms with Crippen LogP contribution in [0.25, 0.3) is 0 Å². The second-order valence-corrected chi connectivity index (χ2v) is 5.94. The molecular weight excluding hydrogens is 264 g/mol. The van der Waals surface area contributed by atoms with Crippen molar-refractivity contribution in [2.24, 2.45) is 5.73 Å². The van der Waals surface area contributed by atoms with Crippen molar-refractivity contribution in [1.82, 2.24) is 4.90 Å². The first-order valence-corrected chi connectivity index (χ1v) is 6.89. The lowest BCUT2D eigenvalue weighted by atomic mass is 9.58. The monoisotopic (exact) mass is 280 g/mol. The Bertz CT molecular complexity index is 526. The van der Waals surface area contributed by atoms with E-state index in [2.05, 4.69) is 0 Å². The standard InChI is InChI=1S/C14H17ClN2O2/c15-10-2-1-9-8-17(3-4-18)13(19)14(12(9)5-10)6-11(16)7-14/h1-2,5,11,18H,3-4,6-8,16H2. The molecule has 3 N–H and O–H groups in total. The molecule has 1 heterocycles. The molecule has 1 aromatic carbocycles. The van der Waals surface area contributed by atoms with Crippen molar-refractivity contribution in [1.29, 1.82) is 0 Å². The summed E-state index contributed by atoms with van der Waals surface area (Å²) >= 11 is 6.07. The highest BCUT2D eigenvalue weighted by Crippen LogP contribution is 2.49. The number of β-amino-alcohol motifs (C(OH)–C–C–N with tert-alkyl or cyclic N) is 1. The van der Waals surface area contributed by atoms with Gasteiger partial charge in [-0.25, -0.2) is 0 Å². The largest absolute Gasteiger partial charge is 0.395 e. The Balaban J connectivity index is 2.06. The molecule has 1 amide bonds. The van der Waals surface area contributed by atoms with E-state index in [0.29, 0.717) is 31.0 Å². The summed E-state index contributed by atoms with van der Waals surface area (Å²) in [6, 6.07) is 5.79. The van der Waals surface area contributed by atoms with Gasteiger partial charge in [0.05, 0.1) is 12.0 Å². The molecule has 1 aliphatic carbocycles. The molecule has 1 fully saturated rings. The fourth-order valence-electron chi connectivity index (χ4n) is 3.36. The normalized spacial score (nSPS) is 29.3. The maximum atomic E-state index is 12.7. The van der Waals surface area contributed by atoms with E-state index in [1.807, 2.05) is 18.2 Å². The van der Waals surface area contributed by atoms with Crippen molar-refractivity contribution in [3.63, 3.8) is 0 Å². The van der Waals surface area contributed by atoms with E-state index < -0.39 is 5.41 Å². The SMILES string of the molecule is NC1CC2(C1)C(=O)N(CCO)Cc1ccc(Cl)cc12. The highest BCUT2D eigenvalue weighted by Gasteiger charge is 2.54. The Kier molecular flexibility index (Phi) is 3.04. The fourth-order valence-corrected chi connectivity index (χ4v) is 3.53. The molecule has 1 spiro atoms. The number of aliphatic hydroxyl groups excluding tert-OH is 1. The lowest BCUT2D eigenvalue weighted by Gasteiger charge is -2.51. The number of rotatable bonds is 2. The molecule has 0 aromatic heterocycles. The van der Waals surface area contributed by atoms with Crippen LogP contribution >= 0.6 is 11.6 Å². The zero-order valence-electron chi connectivity index (χ0n) is 10.6. The number of hydrogen-bond acceptors (Lipinski definition) is 3. The Morgan fingerprint density at radius 3 is 2.84 bits per heavy atom. The third-order valence-corrected chi connectivity index (χ3v) is 4.47. The molecule has 0 unspecified atom stereocenters. The highest BCUT2D eigenvalue weighted by molar-refractivity contribution is 6.30. The van der Waals surface area contributed by atoms with Gasteiger partial charge in [0.15, 0.2) is 0 Å². The van der Waals surface area contributed by atoms with Crippen LogP contribution in [0.3, 0.4) is 0 Å². The van der Waals surface area contributed by atoms with Gasteiger partial charge in [0, 0.05) is 24.2 Å². The molecule has 0 saturated heterocycles. The van der Waals surface area contributed by atoms with E-state index >= 15 is 0 Å². The Morgan fingerprint density at radius 1 is 1.47 bits per heavy atom. The van der Waals surface area contributed by atoms with Crippen LogP contribution in [0.1, 0.15) is 24.0 Å². The van der Waals surface area contributed by atoms with Crippen LogP contribution < -0.4 is 5.73 Å². The highest BCUT2D eigenvalue weighted by atomic mass is 35.5. The number of aliphatic hydroxyl groups is 1. The quantitative estimate of drug-likeness (QED) is 0.850. The second-order valence-electron chi connectivity index (χ2n) is 5.50. The van der Waals surface area contributed by atoms with Crippen LogP contribution in [0.2, 0.25) is 5.02 Å². The lowest BCUT2D eigenvalue weighted by Crippen LogP contribution is -2.61. The molecule has 0 bridgehead atoms. The van der Waals surface area contributed by atoms with Gasteiger partial charge in [-0.05, 0) is 36.1 Å². The number of hydrogen-bond donors (Lipinski definition) is 2. The van der Waals surface area contributed by atoms with Crippen LogP contribution in [0.4, 0.5) is 0 Å². The number of fused-ring (bicyclic) bond motifs is 2. The molecule has 5 heteroatoms. The average molecular weight is 281 g/mol. The molecule has 0 atom stereocenters. The summed E-state index contributed by atoms with van der Waals surface area (Å²) in [5.74, 6) is 0.0815. The van der Waals surface area contributed by atoms with E-state index in [-0.39, 0.29) is 18.6 Å². The van der Waals surface area contributed by atoms with Crippen molar-refractivity contribution in [2.75, 3.05) is 13.2 Å². The van der Waals surface area contributed by atoms with Gasteiger partial charge < -0.3 is 15.7 Å². The van der Waals surface area contributed by atoms with Crippen molar-refractivity contribution in [3.05, 3.63) is 34.3 Å². The summed E-state index contributed by atoms with van der Waals surface area (Å²) in [7, 11) is 0. The minimum absolute atomic E-state index is 0.0171. The van der Waals surface area contributed by atoms with E-state index in [4.69, 9.17) is 22.4 Å². The zero-order chi connectivity index (χ0) is 13.6. The molecule has 1 aliphatic heterocycles. The third kappa shape index (κ3) is 1.86. The van der Waals surface area contributed by atoms with Gasteiger partial charge >= 0.3 is 0 Å². The maximum Gasteiger partial charge on any atom is 0.233 e. The van der Waals surface area contributed by atoms with Crippen LogP contribution in [0.5, 0.6) is 0 Å². The van der Waals surface area contributed by atoms with Gasteiger partial charge in [-0.3, -0.25) is 4.79 Å². The first-order chi connectivity index (χ1) is 9.06. The summed E-state index contributed by atoms with van der Waals surface area (Å²) in [5, 5.41) is 9.76. The fraction of sp³-hybridized carbons (Fsp3) is 0.500. The maximum absolute atomic E-state index is 12.7. The van der Waals surface area contributed by atoms with E-state index in [0.717, 1.165) is 11.1 Å². The molecule has 2 aliphatic rings. The van der Waals surface area contributed by atoms with Gasteiger partial charge in [0.25, 0.3) is 0 Å². The topological polar surface area (TPSA) is 66.6 Å². The smallest absolute Gasteiger partial charge is 0.233 e. The lowest BCUT2D eigenvalue weighted by molar-refractivity contribution is -0.144. The predicted octanol–water partition coefficient (Wildman–Crippen LogP) is 1.03. The summed E-state index contributed by atoms with van der Waals surface area (Å²) in [4.78, 5) is 14.4. The van der Waals surface area contributed by atoms with Gasteiger partial charge in [0.1, 0.15) is 0 Å². The molecule has 3 rings (SSSR count). The molecule has 0 radical (unpaired) electrons. The summed E-state index contributed by atoms with van der Waals surface area (Å²) < 4.78 is 0. The zero-order valence-corrected chi connectivity index (χ0v) is 11.4. The van der Waals surface area contributed by atoms with E-state index in [1.165, 1.54) is 0 Å². The Hall–Kier alpha value is -1.10. The number of halogens is 1. The summed E-state index contributed by atoms with van der Waals surface area (Å²) in [6.45, 7) is 0.900. The molecule has 102 valence electrons. The second kappa shape index (κ2) is 4.47. The summed E-state index contributed by atoms with van der Waals surface area (Å²) in [5.41, 5.74) is 7.54. The van der Waals surface area contributed by atoms with Crippen LogP contribution in [0, 0.1) is 0 Å². The van der Waals surface area contributed by atoms with Crippen LogP contribution in [-0.4, -0.2) is 35.1 Å². The van der Waals surface area contributed by atoms with Crippen molar-refractivity contribution < 1.29 is 9.90 Å². The van der Waals surface area contributed by atoms with Gasteiger partial charge in [-0.15, -0.1) is 0 Å². The van der Waals surface area contributed by atoms with Crippen LogP contribution in [-0.2, 0) is 16.8 Å². The van der Waals surface area contributed by atoms with Crippen molar-refractivity contribution in [3.8, 4) is 0 Å². The van der Waals surface area contributed by atoms with Gasteiger partial charge in [-0.1, -0.05) is 17.7 Å². The predicted molar refractivity (Wildman–Crippen MR) is 72.8 cm³/mol. The number of nitrogens with two attached hydrogens (primary N) is 1. The Morgan fingerprint density at radius 2 is 2.21 bits per heavy atom. The summed E-state index contributed by atoms with van der Waals surface area (Å²) in [6.07, 6.45) is 1.34. The molecule has 1 saturated carbocycles. The van der Waals surface area contributed by atoms with Crippen molar-refractivity contribution in [2.45, 2.75) is 30.8 Å². The van der Waals surface area contributed by atoms with E-state index in [9.17, 15) is 4.79 Å². The number of nitrogens with zero attached hydrogens (tertiary/aromatic N) is 1. The Labute approximate surface area is 117 Å². The number of amides is 1. The molecular formula is C14H17ClN2O2. The first kappa shape index (κ1) is 12.9. The third-order valence-electron chi connectivity index (χ3n) is 4.24. The minimum atomic E-state index is -0.507. The van der Waals surface area contributed by atoms with E-state index in [1.54, 1.807) is 4.90 Å². The van der Waals surface area contributed by atoms with Crippen molar-refractivity contribution >= 4 is 17.5 Å².